The van der Waals surface area contributed by atoms with Gasteiger partial charge in [-0.05, 0) is 44.0 Å². The van der Waals surface area contributed by atoms with E-state index in [1.165, 1.54) is 12.3 Å². The zero-order valence-corrected chi connectivity index (χ0v) is 13.6. The first-order chi connectivity index (χ1) is 11.5. The molecule has 1 aromatic rings. The van der Waals surface area contributed by atoms with Gasteiger partial charge in [-0.1, -0.05) is 0 Å². The molecule has 1 unspecified atom stereocenters. The van der Waals surface area contributed by atoms with Crippen LogP contribution in [0.3, 0.4) is 0 Å². The Morgan fingerprint density at radius 3 is 3.00 bits per heavy atom. The normalized spacial score (nSPS) is 16.8. The van der Waals surface area contributed by atoms with Crippen molar-refractivity contribution < 1.29 is 19.4 Å². The van der Waals surface area contributed by atoms with E-state index in [9.17, 15) is 14.7 Å². The molecule has 128 valence electrons. The Balaban J connectivity index is 1.83. The van der Waals surface area contributed by atoms with Crippen LogP contribution in [0.15, 0.2) is 28.4 Å². The van der Waals surface area contributed by atoms with Gasteiger partial charge in [0.25, 0.3) is 0 Å². The lowest BCUT2D eigenvalue weighted by atomic mass is 9.99. The topological polar surface area (TPSA) is 112 Å². The van der Waals surface area contributed by atoms with Gasteiger partial charge in [0.15, 0.2) is 11.5 Å². The lowest BCUT2D eigenvalue weighted by Crippen LogP contribution is -2.25. The van der Waals surface area contributed by atoms with E-state index in [-0.39, 0.29) is 29.9 Å². The van der Waals surface area contributed by atoms with Crippen molar-refractivity contribution in [1.29, 1.82) is 0 Å². The number of nitrogens with zero attached hydrogens (tertiary/aromatic N) is 2. The minimum Gasteiger partial charge on any atom is -0.504 e. The largest absolute Gasteiger partial charge is 0.504 e. The maximum atomic E-state index is 11.8. The summed E-state index contributed by atoms with van der Waals surface area (Å²) in [5, 5.41) is 17.3. The number of carbonyl (C=O) groups is 2. The van der Waals surface area contributed by atoms with Gasteiger partial charge in [-0.15, -0.1) is 0 Å². The van der Waals surface area contributed by atoms with Crippen molar-refractivity contribution in [3.05, 3.63) is 23.8 Å². The summed E-state index contributed by atoms with van der Waals surface area (Å²) in [5.41, 5.74) is 6.15. The van der Waals surface area contributed by atoms with Crippen molar-refractivity contribution in [3.8, 4) is 11.5 Å². The van der Waals surface area contributed by atoms with Crippen LogP contribution >= 0.6 is 0 Å². The average Bonchev–Trinajstić information content (AvgIpc) is 2.87. The number of carbonyl (C=O) groups excluding carboxylic acids is 2. The summed E-state index contributed by atoms with van der Waals surface area (Å²) < 4.78 is 5.27. The number of phenols is 1. The average molecular weight is 332 g/mol. The highest BCUT2D eigenvalue weighted by molar-refractivity contribution is 6.07. The molecule has 0 aromatic heterocycles. The standard InChI is InChI=1S/C16H20N4O4/c1-3-24-14-8-11(4-6-13(14)21)9-17-19-15(22)7-5-12-10(2)18-20-16(12)23/h4,6,8-9,12,21H,3,5,7H2,1-2H3,(H,19,22)(H,20,23)/b17-9+. The fourth-order valence-electron chi connectivity index (χ4n) is 2.22. The SMILES string of the molecule is CCOc1cc(/C=N/NC(=O)CCC2C(=O)NN=C2C)ccc1O. The van der Waals surface area contributed by atoms with Gasteiger partial charge in [0.05, 0.1) is 18.7 Å². The molecule has 0 bridgehead atoms. The summed E-state index contributed by atoms with van der Waals surface area (Å²) in [7, 11) is 0. The van der Waals surface area contributed by atoms with Gasteiger partial charge in [-0.2, -0.15) is 10.2 Å². The summed E-state index contributed by atoms with van der Waals surface area (Å²) >= 11 is 0. The molecule has 1 heterocycles. The van der Waals surface area contributed by atoms with Gasteiger partial charge in [0.2, 0.25) is 11.8 Å². The van der Waals surface area contributed by atoms with Gasteiger partial charge in [0, 0.05) is 12.1 Å². The van der Waals surface area contributed by atoms with Crippen molar-refractivity contribution in [3.63, 3.8) is 0 Å². The number of hydrogen-bond donors (Lipinski definition) is 3. The molecule has 2 rings (SSSR count). The van der Waals surface area contributed by atoms with Gasteiger partial charge in [-0.3, -0.25) is 9.59 Å². The third kappa shape index (κ3) is 4.55. The zero-order valence-electron chi connectivity index (χ0n) is 13.6. The minimum atomic E-state index is -0.356. The Hall–Kier alpha value is -2.90. The molecule has 0 spiro atoms. The first kappa shape index (κ1) is 17.5. The molecule has 0 radical (unpaired) electrons. The molecule has 1 aromatic carbocycles. The van der Waals surface area contributed by atoms with Gasteiger partial charge >= 0.3 is 0 Å². The fraction of sp³-hybridized carbons (Fsp3) is 0.375. The Kier molecular flexibility index (Phi) is 5.89. The predicted octanol–water partition coefficient (Wildman–Crippen LogP) is 1.14. The lowest BCUT2D eigenvalue weighted by Gasteiger charge is -2.07. The molecular formula is C16H20N4O4. The Morgan fingerprint density at radius 1 is 1.54 bits per heavy atom. The van der Waals surface area contributed by atoms with E-state index in [0.29, 0.717) is 30.1 Å². The number of benzene rings is 1. The summed E-state index contributed by atoms with van der Waals surface area (Å²) in [6.07, 6.45) is 2.01. The Labute approximate surface area is 139 Å². The van der Waals surface area contributed by atoms with Crippen LogP contribution in [0, 0.1) is 5.92 Å². The summed E-state index contributed by atoms with van der Waals surface area (Å²) in [4.78, 5) is 23.3. The van der Waals surface area contributed by atoms with E-state index < -0.39 is 0 Å². The number of hydrazone groups is 2. The van der Waals surface area contributed by atoms with E-state index in [1.807, 2.05) is 6.92 Å². The maximum absolute atomic E-state index is 11.8. The molecule has 8 heteroatoms. The van der Waals surface area contributed by atoms with Crippen LogP contribution in [0.2, 0.25) is 0 Å². The zero-order chi connectivity index (χ0) is 17.5. The highest BCUT2D eigenvalue weighted by Gasteiger charge is 2.26. The third-order valence-corrected chi connectivity index (χ3v) is 3.51. The van der Waals surface area contributed by atoms with Crippen molar-refractivity contribution >= 4 is 23.7 Å². The van der Waals surface area contributed by atoms with E-state index in [2.05, 4.69) is 21.1 Å². The second-order valence-electron chi connectivity index (χ2n) is 5.27. The Bertz CT molecular complexity index is 685. The van der Waals surface area contributed by atoms with Gasteiger partial charge < -0.3 is 9.84 Å². The molecule has 0 saturated heterocycles. The van der Waals surface area contributed by atoms with E-state index >= 15 is 0 Å². The van der Waals surface area contributed by atoms with Crippen molar-refractivity contribution in [2.24, 2.45) is 16.1 Å². The van der Waals surface area contributed by atoms with Gasteiger partial charge in [0.1, 0.15) is 0 Å². The monoisotopic (exact) mass is 332 g/mol. The number of nitrogens with one attached hydrogen (secondary N) is 2. The minimum absolute atomic E-state index is 0.0462. The van der Waals surface area contributed by atoms with Crippen LogP contribution in [0.25, 0.3) is 0 Å². The molecule has 1 aliphatic rings. The smallest absolute Gasteiger partial charge is 0.248 e. The Morgan fingerprint density at radius 2 is 2.33 bits per heavy atom. The third-order valence-electron chi connectivity index (χ3n) is 3.51. The molecule has 1 atom stereocenters. The van der Waals surface area contributed by atoms with E-state index in [4.69, 9.17) is 4.74 Å². The predicted molar refractivity (Wildman–Crippen MR) is 89.0 cm³/mol. The van der Waals surface area contributed by atoms with Crippen molar-refractivity contribution in [1.82, 2.24) is 10.9 Å². The van der Waals surface area contributed by atoms with E-state index in [1.54, 1.807) is 19.1 Å². The van der Waals surface area contributed by atoms with E-state index in [0.717, 1.165) is 0 Å². The molecular weight excluding hydrogens is 312 g/mol. The fourth-order valence-corrected chi connectivity index (χ4v) is 2.22. The molecule has 0 fully saturated rings. The molecule has 1 aliphatic heterocycles. The molecule has 24 heavy (non-hydrogen) atoms. The molecule has 3 N–H and O–H groups in total. The van der Waals surface area contributed by atoms with Crippen LogP contribution in [0.1, 0.15) is 32.3 Å². The van der Waals surface area contributed by atoms with Crippen molar-refractivity contribution in [2.75, 3.05) is 6.61 Å². The molecule has 0 aliphatic carbocycles. The van der Waals surface area contributed by atoms with Crippen LogP contribution < -0.4 is 15.6 Å². The number of phenolic OH excluding ortho intramolecular Hbond substituents is 1. The lowest BCUT2D eigenvalue weighted by molar-refractivity contribution is -0.123. The second kappa shape index (κ2) is 8.09. The first-order valence-corrected chi connectivity index (χ1v) is 7.63. The number of hydrogen-bond acceptors (Lipinski definition) is 6. The summed E-state index contributed by atoms with van der Waals surface area (Å²) in [6, 6.07) is 4.77. The van der Waals surface area contributed by atoms with Crippen LogP contribution in [-0.4, -0.2) is 35.5 Å². The quantitative estimate of drug-likeness (QED) is 0.513. The first-order valence-electron chi connectivity index (χ1n) is 7.63. The summed E-state index contributed by atoms with van der Waals surface area (Å²) in [5.74, 6) is -0.427. The van der Waals surface area contributed by atoms with Gasteiger partial charge in [-0.25, -0.2) is 10.9 Å². The molecule has 0 saturated carbocycles. The number of ether oxygens (including phenoxy) is 1. The van der Waals surface area contributed by atoms with Crippen LogP contribution in [0.5, 0.6) is 11.5 Å². The second-order valence-corrected chi connectivity index (χ2v) is 5.27. The highest BCUT2D eigenvalue weighted by atomic mass is 16.5. The van der Waals surface area contributed by atoms with Crippen LogP contribution in [-0.2, 0) is 9.59 Å². The maximum Gasteiger partial charge on any atom is 0.248 e. The molecule has 8 nitrogen and oxygen atoms in total. The molecule has 2 amide bonds. The number of aromatic hydroxyl groups is 1. The number of amides is 2. The van der Waals surface area contributed by atoms with Crippen LogP contribution in [0.4, 0.5) is 0 Å². The van der Waals surface area contributed by atoms with Crippen molar-refractivity contribution in [2.45, 2.75) is 26.7 Å². The highest BCUT2D eigenvalue weighted by Crippen LogP contribution is 2.26. The summed E-state index contributed by atoms with van der Waals surface area (Å²) in [6.45, 7) is 4.00. The number of rotatable bonds is 7.